The molecule has 0 fully saturated rings. The van der Waals surface area contributed by atoms with E-state index in [1.54, 1.807) is 62.4 Å². The Labute approximate surface area is 243 Å². The molecule has 3 aromatic carbocycles. The van der Waals surface area contributed by atoms with Gasteiger partial charge < -0.3 is 10.6 Å². The first-order chi connectivity index (χ1) is 19.7. The maximum absolute atomic E-state index is 13.3. The molecule has 0 aliphatic heterocycles. The Kier molecular flexibility index (Phi) is 9.55. The van der Waals surface area contributed by atoms with Gasteiger partial charge in [-0.1, -0.05) is 35.6 Å². The lowest BCUT2D eigenvalue weighted by molar-refractivity contribution is -0.384. The molecule has 1 aromatic heterocycles. The number of carbonyl (C=O) groups is 3. The maximum atomic E-state index is 13.3. The van der Waals surface area contributed by atoms with Crippen LogP contribution >= 0.6 is 23.1 Å². The number of nitro groups is 1. The van der Waals surface area contributed by atoms with Crippen LogP contribution in [0, 0.1) is 17.0 Å². The van der Waals surface area contributed by atoms with Crippen molar-refractivity contribution in [1.82, 2.24) is 15.5 Å². The summed E-state index contributed by atoms with van der Waals surface area (Å²) in [5.41, 5.74) is 1.10. The van der Waals surface area contributed by atoms with Crippen LogP contribution < -0.4 is 16.0 Å². The third-order valence-electron chi connectivity index (χ3n) is 5.47. The third kappa shape index (κ3) is 8.30. The molecule has 1 unspecified atom stereocenters. The number of hydrogen-bond donors (Lipinski definition) is 3. The van der Waals surface area contributed by atoms with Gasteiger partial charge in [-0.2, -0.15) is 0 Å². The molecule has 1 heterocycles. The molecule has 208 valence electrons. The van der Waals surface area contributed by atoms with Crippen LogP contribution in [-0.4, -0.2) is 38.1 Å². The molecule has 11 nitrogen and oxygen atoms in total. The van der Waals surface area contributed by atoms with Gasteiger partial charge in [0.1, 0.15) is 10.7 Å². The van der Waals surface area contributed by atoms with Crippen LogP contribution in [0.2, 0.25) is 0 Å². The zero-order valence-electron chi connectivity index (χ0n) is 21.9. The first-order valence-corrected chi connectivity index (χ1v) is 13.9. The fourth-order valence-electron chi connectivity index (χ4n) is 3.46. The smallest absolute Gasteiger partial charge is 0.272 e. The number of thioether (sulfide) groups is 1. The maximum Gasteiger partial charge on any atom is 0.272 e. The van der Waals surface area contributed by atoms with Crippen molar-refractivity contribution in [3.8, 4) is 0 Å². The predicted octanol–water partition coefficient (Wildman–Crippen LogP) is 5.28. The summed E-state index contributed by atoms with van der Waals surface area (Å²) in [6, 6.07) is 20.9. The molecule has 4 rings (SSSR count). The van der Waals surface area contributed by atoms with E-state index in [0.29, 0.717) is 21.9 Å². The number of carbonyl (C=O) groups excluding carboxylic acids is 3. The lowest BCUT2D eigenvalue weighted by atomic mass is 10.1. The molecule has 0 bridgehead atoms. The minimum Gasteiger partial charge on any atom is -0.321 e. The molecular weight excluding hydrogens is 564 g/mol. The van der Waals surface area contributed by atoms with Gasteiger partial charge in [0.25, 0.3) is 17.5 Å². The van der Waals surface area contributed by atoms with E-state index in [4.69, 9.17) is 0 Å². The fraction of sp³-hybridized carbons (Fsp3) is 0.107. The summed E-state index contributed by atoms with van der Waals surface area (Å²) in [6.07, 6.45) is 1.43. The number of benzene rings is 3. The van der Waals surface area contributed by atoms with Gasteiger partial charge in [-0.25, -0.2) is 0 Å². The minimum atomic E-state index is -0.604. The standard InChI is InChI=1S/C28H24N6O5S2/c1-17(25(35)31-28-33-32-18(2)41-28)40-23-10-6-9-21(16-23)29-27(37)24(30-26(36)20-7-4-3-5-8-20)15-19-11-13-22(14-12-19)34(38)39/h3-17H,1-2H3,(H,29,37)(H,30,36)(H,31,33,35)/b24-15+. The number of aromatic nitrogens is 2. The SMILES string of the molecule is Cc1nnc(NC(=O)C(C)Sc2cccc(NC(=O)/C(=C\c3ccc([N+](=O)[O-])cc3)NC(=O)c3ccccc3)c2)s1. The van der Waals surface area contributed by atoms with Crippen LogP contribution in [-0.2, 0) is 9.59 Å². The van der Waals surface area contributed by atoms with Gasteiger partial charge in [-0.15, -0.1) is 22.0 Å². The van der Waals surface area contributed by atoms with Crippen molar-refractivity contribution in [1.29, 1.82) is 0 Å². The molecule has 0 aliphatic carbocycles. The van der Waals surface area contributed by atoms with Gasteiger partial charge in [-0.3, -0.25) is 29.8 Å². The molecule has 4 aromatic rings. The Morgan fingerprint density at radius 2 is 1.71 bits per heavy atom. The number of aryl methyl sites for hydroxylation is 1. The van der Waals surface area contributed by atoms with E-state index >= 15 is 0 Å². The van der Waals surface area contributed by atoms with E-state index in [2.05, 4.69) is 26.1 Å². The molecule has 0 radical (unpaired) electrons. The van der Waals surface area contributed by atoms with Crippen LogP contribution in [0.15, 0.2) is 89.5 Å². The average Bonchev–Trinajstić information content (AvgIpc) is 3.37. The highest BCUT2D eigenvalue weighted by Gasteiger charge is 2.18. The first-order valence-electron chi connectivity index (χ1n) is 12.2. The van der Waals surface area contributed by atoms with E-state index in [1.165, 1.54) is 53.4 Å². The number of nitro benzene ring substituents is 1. The van der Waals surface area contributed by atoms with Gasteiger partial charge in [0.2, 0.25) is 11.0 Å². The van der Waals surface area contributed by atoms with Gasteiger partial charge in [0.05, 0.1) is 10.2 Å². The van der Waals surface area contributed by atoms with E-state index in [0.717, 1.165) is 9.90 Å². The molecular formula is C28H24N6O5S2. The van der Waals surface area contributed by atoms with Gasteiger partial charge in [0, 0.05) is 28.3 Å². The van der Waals surface area contributed by atoms with Crippen molar-refractivity contribution in [3.05, 3.63) is 111 Å². The highest BCUT2D eigenvalue weighted by molar-refractivity contribution is 8.00. The Morgan fingerprint density at radius 1 is 0.976 bits per heavy atom. The molecule has 1 atom stereocenters. The van der Waals surface area contributed by atoms with Crippen LogP contribution in [0.4, 0.5) is 16.5 Å². The van der Waals surface area contributed by atoms with E-state index in [9.17, 15) is 24.5 Å². The topological polar surface area (TPSA) is 156 Å². The van der Waals surface area contributed by atoms with Crippen LogP contribution in [0.5, 0.6) is 0 Å². The predicted molar refractivity (Wildman–Crippen MR) is 159 cm³/mol. The fourth-order valence-corrected chi connectivity index (χ4v) is 4.98. The summed E-state index contributed by atoms with van der Waals surface area (Å²) >= 11 is 2.58. The average molecular weight is 589 g/mol. The third-order valence-corrected chi connectivity index (χ3v) is 7.32. The summed E-state index contributed by atoms with van der Waals surface area (Å²) in [6.45, 7) is 3.55. The highest BCUT2D eigenvalue weighted by atomic mass is 32.2. The first kappa shape index (κ1) is 29.1. The van der Waals surface area contributed by atoms with Crippen LogP contribution in [0.1, 0.15) is 27.9 Å². The van der Waals surface area contributed by atoms with Gasteiger partial charge in [0.15, 0.2) is 0 Å². The zero-order chi connectivity index (χ0) is 29.4. The number of non-ortho nitro benzene ring substituents is 1. The summed E-state index contributed by atoms with van der Waals surface area (Å²) in [5.74, 6) is -1.34. The van der Waals surface area contributed by atoms with Crippen molar-refractivity contribution >= 4 is 63.4 Å². The Morgan fingerprint density at radius 3 is 2.37 bits per heavy atom. The normalized spacial score (nSPS) is 11.8. The van der Waals surface area contributed by atoms with Crippen molar-refractivity contribution in [3.63, 3.8) is 0 Å². The molecule has 3 N–H and O–H groups in total. The quantitative estimate of drug-likeness (QED) is 0.0977. The minimum absolute atomic E-state index is 0.0640. The summed E-state index contributed by atoms with van der Waals surface area (Å²) in [7, 11) is 0. The Bertz CT molecular complexity index is 1610. The summed E-state index contributed by atoms with van der Waals surface area (Å²) < 4.78 is 0. The summed E-state index contributed by atoms with van der Waals surface area (Å²) in [5, 5.41) is 27.6. The number of rotatable bonds is 10. The molecule has 41 heavy (non-hydrogen) atoms. The van der Waals surface area contributed by atoms with Crippen molar-refractivity contribution in [2.24, 2.45) is 0 Å². The molecule has 0 saturated heterocycles. The van der Waals surface area contributed by atoms with Crippen molar-refractivity contribution in [2.75, 3.05) is 10.6 Å². The highest BCUT2D eigenvalue weighted by Crippen LogP contribution is 2.27. The van der Waals surface area contributed by atoms with E-state index in [1.807, 2.05) is 6.07 Å². The molecule has 3 amide bonds. The zero-order valence-corrected chi connectivity index (χ0v) is 23.5. The van der Waals surface area contributed by atoms with E-state index in [-0.39, 0.29) is 17.3 Å². The second kappa shape index (κ2) is 13.5. The number of anilines is 2. The Hall–Kier alpha value is -4.88. The number of nitrogens with zero attached hydrogens (tertiary/aromatic N) is 3. The van der Waals surface area contributed by atoms with Crippen molar-refractivity contribution < 1.29 is 19.3 Å². The lowest BCUT2D eigenvalue weighted by Gasteiger charge is -2.13. The molecule has 0 aliphatic rings. The number of amides is 3. The monoisotopic (exact) mass is 588 g/mol. The second-order valence-corrected chi connectivity index (χ2v) is 11.2. The largest absolute Gasteiger partial charge is 0.321 e. The van der Waals surface area contributed by atoms with Gasteiger partial charge >= 0.3 is 0 Å². The molecule has 0 spiro atoms. The van der Waals surface area contributed by atoms with E-state index < -0.39 is 22.0 Å². The molecule has 13 heteroatoms. The lowest BCUT2D eigenvalue weighted by Crippen LogP contribution is -2.30. The van der Waals surface area contributed by atoms with Crippen molar-refractivity contribution in [2.45, 2.75) is 24.0 Å². The van der Waals surface area contributed by atoms with Gasteiger partial charge in [-0.05, 0) is 68.0 Å². The number of nitrogens with one attached hydrogen (secondary N) is 3. The Balaban J connectivity index is 1.50. The van der Waals surface area contributed by atoms with Crippen LogP contribution in [0.25, 0.3) is 6.08 Å². The molecule has 0 saturated carbocycles. The summed E-state index contributed by atoms with van der Waals surface area (Å²) in [4.78, 5) is 50.0. The number of hydrogen-bond acceptors (Lipinski definition) is 9. The van der Waals surface area contributed by atoms with Crippen LogP contribution in [0.3, 0.4) is 0 Å². The second-order valence-electron chi connectivity index (χ2n) is 8.58.